The van der Waals surface area contributed by atoms with Gasteiger partial charge in [0.2, 0.25) is 0 Å². The highest BCUT2D eigenvalue weighted by Crippen LogP contribution is 2.18. The van der Waals surface area contributed by atoms with Gasteiger partial charge >= 0.3 is 5.97 Å². The highest BCUT2D eigenvalue weighted by molar-refractivity contribution is 6.05. The molecule has 0 radical (unpaired) electrons. The lowest BCUT2D eigenvalue weighted by Crippen LogP contribution is -2.29. The summed E-state index contributed by atoms with van der Waals surface area (Å²) in [5, 5.41) is 9.57. The van der Waals surface area contributed by atoms with Gasteiger partial charge in [-0.3, -0.25) is 14.6 Å². The maximum atomic E-state index is 12.4. The number of hydrogen-bond donors (Lipinski definition) is 1. The molecule has 0 atom stereocenters. The van der Waals surface area contributed by atoms with Gasteiger partial charge in [-0.25, -0.2) is 0 Å². The third-order valence-corrected chi connectivity index (χ3v) is 3.10. The molecule has 0 aliphatic heterocycles. The molecule has 2 aromatic rings. The third kappa shape index (κ3) is 2.93. The number of amides is 1. The van der Waals surface area contributed by atoms with Crippen LogP contribution in [0.15, 0.2) is 30.3 Å². The first-order chi connectivity index (χ1) is 9.49. The number of aryl methyl sites for hydroxylation is 1. The van der Waals surface area contributed by atoms with Gasteiger partial charge in [0, 0.05) is 24.7 Å². The first-order valence-corrected chi connectivity index (χ1v) is 6.32. The average molecular weight is 272 g/mol. The molecule has 1 aromatic heterocycles. The number of benzene rings is 1. The highest BCUT2D eigenvalue weighted by atomic mass is 16.4. The highest BCUT2D eigenvalue weighted by Gasteiger charge is 2.16. The van der Waals surface area contributed by atoms with E-state index in [1.165, 1.54) is 4.90 Å². The fourth-order valence-electron chi connectivity index (χ4n) is 1.99. The van der Waals surface area contributed by atoms with Gasteiger partial charge < -0.3 is 10.0 Å². The van der Waals surface area contributed by atoms with Crippen LogP contribution in [0.3, 0.4) is 0 Å². The van der Waals surface area contributed by atoms with Gasteiger partial charge in [-0.1, -0.05) is 18.2 Å². The zero-order valence-corrected chi connectivity index (χ0v) is 11.5. The molecule has 1 amide bonds. The van der Waals surface area contributed by atoms with Gasteiger partial charge in [0.1, 0.15) is 0 Å². The Morgan fingerprint density at radius 3 is 2.70 bits per heavy atom. The first kappa shape index (κ1) is 14.0. The molecule has 0 fully saturated rings. The largest absolute Gasteiger partial charge is 0.481 e. The van der Waals surface area contributed by atoms with E-state index in [0.717, 1.165) is 11.1 Å². The normalized spacial score (nSPS) is 10.5. The molecular weight excluding hydrogens is 256 g/mol. The Labute approximate surface area is 116 Å². The Bertz CT molecular complexity index is 667. The average Bonchev–Trinajstić information content (AvgIpc) is 2.43. The molecular formula is C15H16N2O3. The number of rotatable bonds is 4. The van der Waals surface area contributed by atoms with Crippen molar-refractivity contribution in [2.45, 2.75) is 13.3 Å². The molecule has 0 unspecified atom stereocenters. The number of carboxylic acids is 1. The Balaban J connectivity index is 2.34. The van der Waals surface area contributed by atoms with E-state index < -0.39 is 5.97 Å². The Morgan fingerprint density at radius 1 is 1.25 bits per heavy atom. The smallest absolute Gasteiger partial charge is 0.305 e. The summed E-state index contributed by atoms with van der Waals surface area (Å²) >= 11 is 0. The van der Waals surface area contributed by atoms with Crippen LogP contribution in [0.25, 0.3) is 10.9 Å². The van der Waals surface area contributed by atoms with Gasteiger partial charge in [-0.05, 0) is 19.1 Å². The summed E-state index contributed by atoms with van der Waals surface area (Å²) < 4.78 is 0. The van der Waals surface area contributed by atoms with Gasteiger partial charge in [0.15, 0.2) is 0 Å². The molecule has 0 saturated heterocycles. The number of carboxylic acid groups (broad SMARTS) is 1. The molecule has 2 rings (SSSR count). The summed E-state index contributed by atoms with van der Waals surface area (Å²) in [6.07, 6.45) is -0.0700. The molecule has 5 nitrogen and oxygen atoms in total. The van der Waals surface area contributed by atoms with Crippen molar-refractivity contribution in [2.75, 3.05) is 13.6 Å². The number of aliphatic carboxylic acids is 1. The SMILES string of the molecule is Cc1ccc2cccc(C(=O)N(C)CCC(=O)O)c2n1. The monoisotopic (exact) mass is 272 g/mol. The van der Waals surface area contributed by atoms with Crippen molar-refractivity contribution in [1.29, 1.82) is 0 Å². The number of fused-ring (bicyclic) bond motifs is 1. The van der Waals surface area contributed by atoms with Crippen molar-refractivity contribution in [3.05, 3.63) is 41.6 Å². The molecule has 1 N–H and O–H groups in total. The van der Waals surface area contributed by atoms with Crippen molar-refractivity contribution in [3.8, 4) is 0 Å². The molecule has 5 heteroatoms. The summed E-state index contributed by atoms with van der Waals surface area (Å²) in [6, 6.07) is 9.23. The van der Waals surface area contributed by atoms with Crippen molar-refractivity contribution in [2.24, 2.45) is 0 Å². The second kappa shape index (κ2) is 5.69. The standard InChI is InChI=1S/C15H16N2O3/c1-10-6-7-11-4-3-5-12(14(11)16-10)15(20)17(2)9-8-13(18)19/h3-7H,8-9H2,1-2H3,(H,18,19). The van der Waals surface area contributed by atoms with Crippen LogP contribution >= 0.6 is 0 Å². The van der Waals surface area contributed by atoms with Gasteiger partial charge in [0.25, 0.3) is 5.91 Å². The number of para-hydroxylation sites is 1. The number of carbonyl (C=O) groups is 2. The minimum absolute atomic E-state index is 0.0700. The lowest BCUT2D eigenvalue weighted by Gasteiger charge is -2.17. The molecule has 1 aromatic carbocycles. The number of hydrogen-bond acceptors (Lipinski definition) is 3. The summed E-state index contributed by atoms with van der Waals surface area (Å²) in [4.78, 5) is 28.8. The second-order valence-corrected chi connectivity index (χ2v) is 4.70. The Kier molecular flexibility index (Phi) is 3.98. The van der Waals surface area contributed by atoms with E-state index in [1.807, 2.05) is 25.1 Å². The summed E-state index contributed by atoms with van der Waals surface area (Å²) in [7, 11) is 1.60. The topological polar surface area (TPSA) is 70.5 Å². The number of pyridine rings is 1. The van der Waals surface area contributed by atoms with E-state index in [0.29, 0.717) is 11.1 Å². The van der Waals surface area contributed by atoms with Crippen LogP contribution in [0.1, 0.15) is 22.5 Å². The second-order valence-electron chi connectivity index (χ2n) is 4.70. The van der Waals surface area contributed by atoms with Gasteiger partial charge in [-0.2, -0.15) is 0 Å². The Morgan fingerprint density at radius 2 is 2.00 bits per heavy atom. The van der Waals surface area contributed by atoms with E-state index in [9.17, 15) is 9.59 Å². The maximum absolute atomic E-state index is 12.4. The van der Waals surface area contributed by atoms with Crippen LogP contribution in [0.4, 0.5) is 0 Å². The van der Waals surface area contributed by atoms with E-state index in [4.69, 9.17) is 5.11 Å². The molecule has 1 heterocycles. The fraction of sp³-hybridized carbons (Fsp3) is 0.267. The summed E-state index contributed by atoms with van der Waals surface area (Å²) in [6.45, 7) is 2.05. The maximum Gasteiger partial charge on any atom is 0.305 e. The molecule has 0 spiro atoms. The lowest BCUT2D eigenvalue weighted by atomic mass is 10.1. The van der Waals surface area contributed by atoms with Crippen molar-refractivity contribution in [1.82, 2.24) is 9.88 Å². The lowest BCUT2D eigenvalue weighted by molar-refractivity contribution is -0.137. The van der Waals surface area contributed by atoms with Crippen LogP contribution in [-0.4, -0.2) is 40.5 Å². The molecule has 0 saturated carbocycles. The molecule has 20 heavy (non-hydrogen) atoms. The van der Waals surface area contributed by atoms with E-state index in [-0.39, 0.29) is 18.9 Å². The fourth-order valence-corrected chi connectivity index (χ4v) is 1.99. The van der Waals surface area contributed by atoms with Crippen LogP contribution in [0, 0.1) is 6.92 Å². The van der Waals surface area contributed by atoms with Crippen molar-refractivity contribution in [3.63, 3.8) is 0 Å². The van der Waals surface area contributed by atoms with Crippen LogP contribution in [0.2, 0.25) is 0 Å². The van der Waals surface area contributed by atoms with Crippen LogP contribution < -0.4 is 0 Å². The molecule has 0 aliphatic carbocycles. The van der Waals surface area contributed by atoms with E-state index in [1.54, 1.807) is 19.2 Å². The molecule has 0 bridgehead atoms. The Hall–Kier alpha value is -2.43. The number of aromatic nitrogens is 1. The molecule has 104 valence electrons. The van der Waals surface area contributed by atoms with Crippen LogP contribution in [-0.2, 0) is 4.79 Å². The zero-order valence-electron chi connectivity index (χ0n) is 11.5. The minimum atomic E-state index is -0.920. The molecule has 0 aliphatic rings. The van der Waals surface area contributed by atoms with Crippen LogP contribution in [0.5, 0.6) is 0 Å². The van der Waals surface area contributed by atoms with E-state index >= 15 is 0 Å². The van der Waals surface area contributed by atoms with E-state index in [2.05, 4.69) is 4.98 Å². The predicted octanol–water partition coefficient (Wildman–Crippen LogP) is 2.09. The summed E-state index contributed by atoms with van der Waals surface area (Å²) in [5.74, 6) is -1.13. The number of carbonyl (C=O) groups excluding carboxylic acids is 1. The van der Waals surface area contributed by atoms with Gasteiger partial charge in [0.05, 0.1) is 17.5 Å². The minimum Gasteiger partial charge on any atom is -0.481 e. The van der Waals surface area contributed by atoms with Crippen molar-refractivity contribution >= 4 is 22.8 Å². The number of nitrogens with zero attached hydrogens (tertiary/aromatic N) is 2. The summed E-state index contributed by atoms with van der Waals surface area (Å²) in [5.41, 5.74) is 1.99. The quantitative estimate of drug-likeness (QED) is 0.925. The van der Waals surface area contributed by atoms with Crippen molar-refractivity contribution < 1.29 is 14.7 Å². The predicted molar refractivity (Wildman–Crippen MR) is 75.7 cm³/mol. The third-order valence-electron chi connectivity index (χ3n) is 3.10. The first-order valence-electron chi connectivity index (χ1n) is 6.32. The van der Waals surface area contributed by atoms with Gasteiger partial charge in [-0.15, -0.1) is 0 Å². The zero-order chi connectivity index (χ0) is 14.7.